The van der Waals surface area contributed by atoms with Crippen LogP contribution in [0.25, 0.3) is 0 Å². The molecular weight excluding hydrogens is 405 g/mol. The number of rotatable bonds is 6. The maximum absolute atomic E-state index is 13.0. The molecule has 1 aromatic heterocycles. The van der Waals surface area contributed by atoms with E-state index in [1.165, 1.54) is 36.4 Å². The summed E-state index contributed by atoms with van der Waals surface area (Å²) in [5.74, 6) is -0.922. The maximum atomic E-state index is 13.0. The Bertz CT molecular complexity index is 1090. The predicted molar refractivity (Wildman–Crippen MR) is 100 cm³/mol. The van der Waals surface area contributed by atoms with Crippen molar-refractivity contribution in [1.29, 1.82) is 0 Å². The van der Waals surface area contributed by atoms with E-state index < -0.39 is 28.3 Å². The fourth-order valence-electron chi connectivity index (χ4n) is 2.64. The number of nitro benzene ring substituents is 1. The van der Waals surface area contributed by atoms with Gasteiger partial charge < -0.3 is 14.5 Å². The Morgan fingerprint density at radius 2 is 1.90 bits per heavy atom. The molecule has 0 spiro atoms. The van der Waals surface area contributed by atoms with Crippen LogP contribution in [0.4, 0.5) is 24.5 Å². The quantitative estimate of drug-likeness (QED) is 0.429. The lowest BCUT2D eigenvalue weighted by atomic mass is 10.1. The van der Waals surface area contributed by atoms with Gasteiger partial charge >= 0.3 is 11.9 Å². The molecule has 0 saturated carbocycles. The van der Waals surface area contributed by atoms with Crippen molar-refractivity contribution in [2.24, 2.45) is 0 Å². The van der Waals surface area contributed by atoms with Gasteiger partial charge in [0, 0.05) is 6.07 Å². The second kappa shape index (κ2) is 8.27. The number of para-hydroxylation sites is 1. The van der Waals surface area contributed by atoms with Gasteiger partial charge in [-0.25, -0.2) is 0 Å². The maximum Gasteiger partial charge on any atom is 0.418 e. The molecular formula is C20H15F3N2O5. The average Bonchev–Trinajstić information content (AvgIpc) is 3.15. The molecule has 1 N–H and O–H groups in total. The van der Waals surface area contributed by atoms with Crippen molar-refractivity contribution in [3.63, 3.8) is 0 Å². The molecule has 0 saturated heterocycles. The molecule has 0 bridgehead atoms. The molecule has 0 fully saturated rings. The fraction of sp³-hybridized carbons (Fsp3) is 0.150. The Hall–Kier alpha value is -3.82. The number of furan rings is 1. The molecule has 1 heterocycles. The first-order valence-electron chi connectivity index (χ1n) is 8.59. The van der Waals surface area contributed by atoms with Gasteiger partial charge in [0.1, 0.15) is 12.4 Å². The Morgan fingerprint density at radius 1 is 1.17 bits per heavy atom. The standard InChI is InChI=1S/C20H15F3N2O5/c1-12-6-8-17(16(10-12)25(27)28)29-11-13-7-9-18(30-13)19(26)24-15-5-3-2-4-14(15)20(21,22)23/h2-10H,11H2,1H3,(H,24,26). The number of benzene rings is 2. The number of halogens is 3. The number of aryl methyl sites for hydroxylation is 1. The first kappa shape index (κ1) is 20.9. The Balaban J connectivity index is 1.70. The number of ether oxygens (including phenoxy) is 1. The summed E-state index contributed by atoms with van der Waals surface area (Å²) in [6.07, 6.45) is -4.63. The normalized spacial score (nSPS) is 11.2. The van der Waals surface area contributed by atoms with Crippen molar-refractivity contribution in [2.75, 3.05) is 5.32 Å². The molecule has 10 heteroatoms. The zero-order valence-corrected chi connectivity index (χ0v) is 15.5. The van der Waals surface area contributed by atoms with Gasteiger partial charge in [-0.15, -0.1) is 0 Å². The molecule has 0 aliphatic heterocycles. The van der Waals surface area contributed by atoms with E-state index >= 15 is 0 Å². The molecule has 156 valence electrons. The highest BCUT2D eigenvalue weighted by Gasteiger charge is 2.33. The van der Waals surface area contributed by atoms with Gasteiger partial charge in [-0.2, -0.15) is 13.2 Å². The number of carbonyl (C=O) groups excluding carboxylic acids is 1. The van der Waals surface area contributed by atoms with Crippen molar-refractivity contribution in [3.8, 4) is 5.75 Å². The van der Waals surface area contributed by atoms with E-state index in [2.05, 4.69) is 5.32 Å². The van der Waals surface area contributed by atoms with Crippen LogP contribution >= 0.6 is 0 Å². The number of hydrogen-bond donors (Lipinski definition) is 1. The highest BCUT2D eigenvalue weighted by atomic mass is 19.4. The van der Waals surface area contributed by atoms with Crippen LogP contribution in [-0.2, 0) is 12.8 Å². The van der Waals surface area contributed by atoms with E-state index in [0.29, 0.717) is 5.56 Å². The highest BCUT2D eigenvalue weighted by Crippen LogP contribution is 2.35. The van der Waals surface area contributed by atoms with Gasteiger partial charge in [0.05, 0.1) is 16.2 Å². The molecule has 3 aromatic rings. The molecule has 0 atom stereocenters. The zero-order valence-electron chi connectivity index (χ0n) is 15.5. The number of carbonyl (C=O) groups is 1. The zero-order chi connectivity index (χ0) is 21.9. The van der Waals surface area contributed by atoms with E-state index in [-0.39, 0.29) is 29.6 Å². The van der Waals surface area contributed by atoms with Crippen molar-refractivity contribution >= 4 is 17.3 Å². The first-order chi connectivity index (χ1) is 14.1. The lowest BCUT2D eigenvalue weighted by Crippen LogP contribution is -2.16. The monoisotopic (exact) mass is 420 g/mol. The van der Waals surface area contributed by atoms with E-state index in [9.17, 15) is 28.1 Å². The minimum atomic E-state index is -4.63. The second-order valence-electron chi connectivity index (χ2n) is 6.28. The van der Waals surface area contributed by atoms with Gasteiger partial charge in [0.15, 0.2) is 11.5 Å². The molecule has 0 radical (unpaired) electrons. The molecule has 0 unspecified atom stereocenters. The number of hydrogen-bond acceptors (Lipinski definition) is 5. The molecule has 30 heavy (non-hydrogen) atoms. The lowest BCUT2D eigenvalue weighted by Gasteiger charge is -2.12. The van der Waals surface area contributed by atoms with Gasteiger partial charge in [-0.3, -0.25) is 14.9 Å². The minimum Gasteiger partial charge on any atom is -0.479 e. The van der Waals surface area contributed by atoms with Crippen molar-refractivity contribution in [3.05, 3.63) is 87.4 Å². The Morgan fingerprint density at radius 3 is 2.60 bits per heavy atom. The van der Waals surface area contributed by atoms with Crippen molar-refractivity contribution < 1.29 is 32.0 Å². The summed E-state index contributed by atoms with van der Waals surface area (Å²) in [5.41, 5.74) is -0.923. The number of alkyl halides is 3. The largest absolute Gasteiger partial charge is 0.479 e. The summed E-state index contributed by atoms with van der Waals surface area (Å²) in [5, 5.41) is 13.3. The smallest absolute Gasteiger partial charge is 0.418 e. The van der Waals surface area contributed by atoms with E-state index in [4.69, 9.17) is 9.15 Å². The third-order valence-corrected chi connectivity index (χ3v) is 4.05. The van der Waals surface area contributed by atoms with Crippen LogP contribution in [0.3, 0.4) is 0 Å². The van der Waals surface area contributed by atoms with Crippen LogP contribution < -0.4 is 10.1 Å². The van der Waals surface area contributed by atoms with Crippen LogP contribution in [0.2, 0.25) is 0 Å². The van der Waals surface area contributed by atoms with E-state index in [1.807, 2.05) is 0 Å². The summed E-state index contributed by atoms with van der Waals surface area (Å²) >= 11 is 0. The molecule has 1 amide bonds. The van der Waals surface area contributed by atoms with Gasteiger partial charge in [0.25, 0.3) is 5.91 Å². The van der Waals surface area contributed by atoms with Gasteiger partial charge in [-0.1, -0.05) is 18.2 Å². The third kappa shape index (κ3) is 4.77. The van der Waals surface area contributed by atoms with Crippen LogP contribution in [0.5, 0.6) is 5.75 Å². The molecule has 0 aliphatic carbocycles. The Kier molecular flexibility index (Phi) is 5.77. The van der Waals surface area contributed by atoms with E-state index in [0.717, 1.165) is 12.1 Å². The first-order valence-corrected chi connectivity index (χ1v) is 8.59. The predicted octanol–water partition coefficient (Wildman–Crippen LogP) is 5.35. The van der Waals surface area contributed by atoms with Crippen LogP contribution in [-0.4, -0.2) is 10.8 Å². The fourth-order valence-corrected chi connectivity index (χ4v) is 2.64. The number of nitrogens with zero attached hydrogens (tertiary/aromatic N) is 1. The summed E-state index contributed by atoms with van der Waals surface area (Å²) < 4.78 is 49.8. The lowest BCUT2D eigenvalue weighted by molar-refractivity contribution is -0.386. The molecule has 0 aliphatic rings. The SMILES string of the molecule is Cc1ccc(OCc2ccc(C(=O)Nc3ccccc3C(F)(F)F)o2)c([N+](=O)[O-])c1. The summed E-state index contributed by atoms with van der Waals surface area (Å²) in [6.45, 7) is 1.49. The number of nitro groups is 1. The topological polar surface area (TPSA) is 94.6 Å². The third-order valence-electron chi connectivity index (χ3n) is 4.05. The van der Waals surface area contributed by atoms with Crippen molar-refractivity contribution in [1.82, 2.24) is 0 Å². The molecule has 7 nitrogen and oxygen atoms in total. The van der Waals surface area contributed by atoms with Gasteiger partial charge in [-0.05, 0) is 42.8 Å². The van der Waals surface area contributed by atoms with E-state index in [1.54, 1.807) is 13.0 Å². The second-order valence-corrected chi connectivity index (χ2v) is 6.28. The van der Waals surface area contributed by atoms with Crippen LogP contribution in [0.1, 0.15) is 27.4 Å². The number of amides is 1. The summed E-state index contributed by atoms with van der Waals surface area (Å²) in [6, 6.07) is 11.7. The Labute approximate surface area is 168 Å². The average molecular weight is 420 g/mol. The van der Waals surface area contributed by atoms with Crippen molar-refractivity contribution in [2.45, 2.75) is 19.7 Å². The molecule has 3 rings (SSSR count). The van der Waals surface area contributed by atoms with Crippen LogP contribution in [0, 0.1) is 17.0 Å². The number of anilines is 1. The number of nitrogens with one attached hydrogen (secondary N) is 1. The summed E-state index contributed by atoms with van der Waals surface area (Å²) in [4.78, 5) is 22.8. The van der Waals surface area contributed by atoms with Gasteiger partial charge in [0.2, 0.25) is 0 Å². The van der Waals surface area contributed by atoms with Crippen LogP contribution in [0.15, 0.2) is 59.0 Å². The summed E-state index contributed by atoms with van der Waals surface area (Å²) in [7, 11) is 0. The highest BCUT2D eigenvalue weighted by molar-refractivity contribution is 6.02. The minimum absolute atomic E-state index is 0.0205. The molecule has 2 aromatic carbocycles.